The summed E-state index contributed by atoms with van der Waals surface area (Å²) in [7, 11) is 0. The van der Waals surface area contributed by atoms with Crippen LogP contribution in [0.2, 0.25) is 0 Å². The second kappa shape index (κ2) is 12.6. The molecule has 0 aliphatic rings. The number of aliphatic hydroxyl groups excluding tert-OH is 2. The average Bonchev–Trinajstić information content (AvgIpc) is 3.32. The first-order chi connectivity index (χ1) is 16.3. The van der Waals surface area contributed by atoms with Crippen LogP contribution in [0.3, 0.4) is 0 Å². The van der Waals surface area contributed by atoms with Gasteiger partial charge in [0.05, 0.1) is 12.2 Å². The first-order valence-corrected chi connectivity index (χ1v) is 12.4. The first-order valence-electron chi connectivity index (χ1n) is 11.5. The molecule has 2 aromatic carbocycles. The van der Waals surface area contributed by atoms with E-state index in [0.717, 1.165) is 34.4 Å². The summed E-state index contributed by atoms with van der Waals surface area (Å²) in [4.78, 5) is 15.2. The summed E-state index contributed by atoms with van der Waals surface area (Å²) in [6.07, 6.45) is 1.62. The second-order valence-corrected chi connectivity index (χ2v) is 9.79. The maximum atomic E-state index is 10.9. The maximum Gasteiger partial charge on any atom is 0.328 e. The number of hydrogen-bond donors (Lipinski definition) is 3. The van der Waals surface area contributed by atoms with Crippen LogP contribution in [0.1, 0.15) is 53.4 Å². The molecule has 0 spiro atoms. The molecule has 0 saturated heterocycles. The molecule has 3 aromatic rings. The predicted molar refractivity (Wildman–Crippen MR) is 138 cm³/mol. The number of carboxylic acids is 1. The minimum Gasteiger partial charge on any atom is -0.478 e. The van der Waals surface area contributed by atoms with Crippen LogP contribution in [0.4, 0.5) is 0 Å². The van der Waals surface area contributed by atoms with Crippen LogP contribution in [-0.2, 0) is 11.2 Å². The van der Waals surface area contributed by atoms with Crippen molar-refractivity contribution in [1.29, 1.82) is 0 Å². The third-order valence-corrected chi connectivity index (χ3v) is 7.29. The molecule has 180 valence electrons. The molecule has 5 nitrogen and oxygen atoms in total. The van der Waals surface area contributed by atoms with E-state index in [0.29, 0.717) is 13.1 Å². The van der Waals surface area contributed by atoms with Crippen molar-refractivity contribution in [3.05, 3.63) is 99.8 Å². The SMILES string of the molecule is C/C(=C\C(=O)O)c1ccc(CC[C@@H](C)N(C[C@H](O)c2ccccc2)C[C@H](O)c2ccccc2)s1. The van der Waals surface area contributed by atoms with Gasteiger partial charge in [-0.05, 0) is 55.5 Å². The Morgan fingerprint density at radius 2 is 1.44 bits per heavy atom. The Hall–Kier alpha value is -2.77. The lowest BCUT2D eigenvalue weighted by molar-refractivity contribution is -0.131. The number of allylic oxidation sites excluding steroid dienone is 1. The first kappa shape index (κ1) is 25.8. The smallest absolute Gasteiger partial charge is 0.328 e. The van der Waals surface area contributed by atoms with Crippen LogP contribution in [-0.4, -0.2) is 45.3 Å². The molecule has 0 saturated carbocycles. The molecule has 1 heterocycles. The highest BCUT2D eigenvalue weighted by Crippen LogP contribution is 2.27. The zero-order chi connectivity index (χ0) is 24.5. The monoisotopic (exact) mass is 479 g/mol. The van der Waals surface area contributed by atoms with Gasteiger partial charge >= 0.3 is 5.97 Å². The second-order valence-electron chi connectivity index (χ2n) is 8.63. The maximum absolute atomic E-state index is 10.9. The van der Waals surface area contributed by atoms with Gasteiger partial charge in [0.15, 0.2) is 0 Å². The van der Waals surface area contributed by atoms with Crippen molar-refractivity contribution >= 4 is 22.9 Å². The molecule has 0 aliphatic heterocycles. The number of aliphatic hydroxyl groups is 2. The Bertz CT molecular complexity index is 1020. The number of rotatable bonds is 12. The molecular weight excluding hydrogens is 446 g/mol. The Morgan fingerprint density at radius 1 is 0.912 bits per heavy atom. The van der Waals surface area contributed by atoms with Gasteiger partial charge in [0, 0.05) is 35.0 Å². The standard InChI is InChI=1S/C28H33NO4S/c1-20(17-28(32)33)27-16-15-24(34-27)14-13-21(2)29(18-25(30)22-9-5-3-6-10-22)19-26(31)23-11-7-4-8-12-23/h3-12,15-17,21,25-26,30-31H,13-14,18-19H2,1-2H3,(H,32,33)/b20-17+/t21-,25+,26+/m1/s1. The van der Waals surface area contributed by atoms with E-state index in [2.05, 4.69) is 11.8 Å². The van der Waals surface area contributed by atoms with Gasteiger partial charge in [-0.1, -0.05) is 60.7 Å². The number of thiophene rings is 1. The lowest BCUT2D eigenvalue weighted by Gasteiger charge is -2.33. The lowest BCUT2D eigenvalue weighted by atomic mass is 10.0. The molecule has 3 rings (SSSR count). The number of aryl methyl sites for hydroxylation is 1. The summed E-state index contributed by atoms with van der Waals surface area (Å²) >= 11 is 1.61. The predicted octanol–water partition coefficient (Wildman–Crippen LogP) is 5.33. The molecule has 1 aromatic heterocycles. The number of carbonyl (C=O) groups is 1. The third kappa shape index (κ3) is 7.64. The van der Waals surface area contributed by atoms with E-state index >= 15 is 0 Å². The van der Waals surface area contributed by atoms with E-state index in [1.165, 1.54) is 11.0 Å². The van der Waals surface area contributed by atoms with E-state index in [4.69, 9.17) is 5.11 Å². The fourth-order valence-corrected chi connectivity index (χ4v) is 4.95. The highest BCUT2D eigenvalue weighted by Gasteiger charge is 2.22. The van der Waals surface area contributed by atoms with Crippen LogP contribution in [0.5, 0.6) is 0 Å². The molecule has 0 radical (unpaired) electrons. The van der Waals surface area contributed by atoms with Gasteiger partial charge < -0.3 is 15.3 Å². The number of hydrogen-bond acceptors (Lipinski definition) is 5. The van der Waals surface area contributed by atoms with Gasteiger partial charge in [0.25, 0.3) is 0 Å². The van der Waals surface area contributed by atoms with Gasteiger partial charge in [-0.3, -0.25) is 4.90 Å². The third-order valence-electron chi connectivity index (χ3n) is 6.01. The van der Waals surface area contributed by atoms with Gasteiger partial charge in [-0.2, -0.15) is 0 Å². The van der Waals surface area contributed by atoms with Crippen molar-refractivity contribution in [2.45, 2.75) is 44.9 Å². The summed E-state index contributed by atoms with van der Waals surface area (Å²) in [5.74, 6) is -0.939. The Morgan fingerprint density at radius 3 is 1.94 bits per heavy atom. The topological polar surface area (TPSA) is 81.0 Å². The molecule has 0 unspecified atom stereocenters. The van der Waals surface area contributed by atoms with Crippen LogP contribution in [0, 0.1) is 0 Å². The van der Waals surface area contributed by atoms with Crippen molar-refractivity contribution in [3.63, 3.8) is 0 Å². The van der Waals surface area contributed by atoms with Gasteiger partial charge in [-0.15, -0.1) is 11.3 Å². The van der Waals surface area contributed by atoms with Gasteiger partial charge in [-0.25, -0.2) is 4.79 Å². The quantitative estimate of drug-likeness (QED) is 0.306. The number of nitrogens with zero attached hydrogens (tertiary/aromatic N) is 1. The van der Waals surface area contributed by atoms with Crippen LogP contribution in [0.25, 0.3) is 5.57 Å². The molecular formula is C28H33NO4S. The van der Waals surface area contributed by atoms with E-state index in [1.807, 2.05) is 79.7 Å². The minimum atomic E-state index is -0.939. The Labute approximate surface area is 205 Å². The molecule has 0 aliphatic carbocycles. The van der Waals surface area contributed by atoms with E-state index in [1.54, 1.807) is 11.3 Å². The van der Waals surface area contributed by atoms with E-state index < -0.39 is 18.2 Å². The number of aliphatic carboxylic acids is 1. The largest absolute Gasteiger partial charge is 0.478 e. The molecule has 3 atom stereocenters. The molecule has 0 bridgehead atoms. The highest BCUT2D eigenvalue weighted by molar-refractivity contribution is 7.13. The van der Waals surface area contributed by atoms with E-state index in [-0.39, 0.29) is 6.04 Å². The Kier molecular flexibility index (Phi) is 9.60. The van der Waals surface area contributed by atoms with Crippen LogP contribution in [0.15, 0.2) is 78.9 Å². The highest BCUT2D eigenvalue weighted by atomic mass is 32.1. The average molecular weight is 480 g/mol. The minimum absolute atomic E-state index is 0.123. The molecule has 34 heavy (non-hydrogen) atoms. The number of carboxylic acid groups (broad SMARTS) is 1. The normalized spacial score (nSPS) is 14.7. The van der Waals surface area contributed by atoms with Gasteiger partial charge in [0.1, 0.15) is 0 Å². The molecule has 3 N–H and O–H groups in total. The Balaban J connectivity index is 1.69. The van der Waals surface area contributed by atoms with Crippen molar-refractivity contribution in [2.24, 2.45) is 0 Å². The van der Waals surface area contributed by atoms with Crippen molar-refractivity contribution in [2.75, 3.05) is 13.1 Å². The summed E-state index contributed by atoms with van der Waals surface area (Å²) in [5.41, 5.74) is 2.46. The molecule has 0 fully saturated rings. The summed E-state index contributed by atoms with van der Waals surface area (Å²) in [6.45, 7) is 4.78. The lowest BCUT2D eigenvalue weighted by Crippen LogP contribution is -2.39. The molecule has 6 heteroatoms. The summed E-state index contributed by atoms with van der Waals surface area (Å²) < 4.78 is 0. The van der Waals surface area contributed by atoms with Crippen molar-refractivity contribution < 1.29 is 20.1 Å². The van der Waals surface area contributed by atoms with Crippen LogP contribution >= 0.6 is 11.3 Å². The number of benzene rings is 2. The van der Waals surface area contributed by atoms with Gasteiger partial charge in [0.2, 0.25) is 0 Å². The van der Waals surface area contributed by atoms with Crippen LogP contribution < -0.4 is 0 Å². The van der Waals surface area contributed by atoms with Crippen molar-refractivity contribution in [1.82, 2.24) is 4.90 Å². The fourth-order valence-electron chi connectivity index (χ4n) is 3.95. The molecule has 0 amide bonds. The zero-order valence-corrected chi connectivity index (χ0v) is 20.5. The summed E-state index contributed by atoms with van der Waals surface area (Å²) in [6, 6.07) is 23.3. The van der Waals surface area contributed by atoms with E-state index in [9.17, 15) is 15.0 Å². The zero-order valence-electron chi connectivity index (χ0n) is 19.7. The van der Waals surface area contributed by atoms with Crippen molar-refractivity contribution in [3.8, 4) is 0 Å². The summed E-state index contributed by atoms with van der Waals surface area (Å²) in [5, 5.41) is 30.7. The fraction of sp³-hybridized carbons (Fsp3) is 0.321.